The summed E-state index contributed by atoms with van der Waals surface area (Å²) in [6.07, 6.45) is -30.4. The van der Waals surface area contributed by atoms with E-state index in [-0.39, 0.29) is 15.9 Å². The molecule has 25 heavy (non-hydrogen) atoms. The second kappa shape index (κ2) is 5.91. The minimum atomic E-state index is -7.87. The summed E-state index contributed by atoms with van der Waals surface area (Å²) in [6.45, 7) is 0. The molecule has 152 valence electrons. The zero-order chi connectivity index (χ0) is 21.1. The van der Waals surface area contributed by atoms with Crippen LogP contribution in [0.25, 0.3) is 0 Å². The first kappa shape index (κ1) is 24.3. The molecule has 0 saturated heterocycles. The average molecular weight is 482 g/mol. The van der Waals surface area contributed by atoms with Gasteiger partial charge in [0.05, 0.1) is 0 Å². The van der Waals surface area contributed by atoms with E-state index in [2.05, 4.69) is 0 Å². The molecule has 0 fully saturated rings. The Hall–Kier alpha value is -0.680. The molecule has 18 heteroatoms. The number of nitrogens with zero attached hydrogens (tertiary/aromatic N) is 1. The van der Waals surface area contributed by atoms with E-state index in [9.17, 15) is 70.2 Å². The molecule has 0 aromatic heterocycles. The minimum absolute atomic E-state index is 0.110. The van der Waals surface area contributed by atoms with Gasteiger partial charge in [0.2, 0.25) is 0 Å². The van der Waals surface area contributed by atoms with E-state index in [4.69, 9.17) is 0 Å². The Morgan fingerprint density at radius 2 is 0.720 bits per heavy atom. The van der Waals surface area contributed by atoms with Crippen LogP contribution in [-0.4, -0.2) is 46.1 Å². The van der Waals surface area contributed by atoms with Crippen molar-refractivity contribution < 1.29 is 70.2 Å². The predicted octanol–water partition coefficient (Wildman–Crippen LogP) is 5.81. The summed E-state index contributed by atoms with van der Waals surface area (Å²) in [7, 11) is 0. The minimum Gasteiger partial charge on any atom is -0.218 e. The number of hydrogen-bond donors (Lipinski definition) is 0. The molecule has 1 unspecified atom stereocenters. The fourth-order valence-corrected chi connectivity index (χ4v) is 1.95. The predicted molar refractivity (Wildman–Crippen MR) is 47.6 cm³/mol. The fraction of sp³-hybridized carbons (Fsp3) is 1.00. The Bertz CT molecular complexity index is 451. The third kappa shape index (κ3) is 3.73. The zero-order valence-electron chi connectivity index (χ0n) is 10.4. The van der Waals surface area contributed by atoms with Crippen molar-refractivity contribution in [1.82, 2.24) is 4.90 Å². The summed E-state index contributed by atoms with van der Waals surface area (Å²) in [5.41, 5.74) is -7.87. The Kier molecular flexibility index (Phi) is 5.75. The molecule has 0 spiro atoms. The molecule has 0 amide bonds. The SMILES string of the molecule is FC(F)(F)N(C(F)(F)F)C(F)(F)C(F)(Br)C(F)(C(F)(F)F)C(F)(F)F. The van der Waals surface area contributed by atoms with Gasteiger partial charge in [-0.05, 0) is 15.9 Å². The summed E-state index contributed by atoms with van der Waals surface area (Å²) >= 11 is 0.110. The van der Waals surface area contributed by atoms with E-state index in [1.807, 2.05) is 0 Å². The highest BCUT2D eigenvalue weighted by Gasteiger charge is 2.91. The van der Waals surface area contributed by atoms with Crippen LogP contribution in [0.1, 0.15) is 0 Å². The second-order valence-corrected chi connectivity index (χ2v) is 5.13. The Morgan fingerprint density at radius 3 is 0.880 bits per heavy atom. The third-order valence-electron chi connectivity index (χ3n) is 2.38. The van der Waals surface area contributed by atoms with E-state index in [1.165, 1.54) is 0 Å². The van der Waals surface area contributed by atoms with Gasteiger partial charge >= 0.3 is 36.7 Å². The molecular weight excluding hydrogens is 482 g/mol. The van der Waals surface area contributed by atoms with E-state index in [0.717, 1.165) is 0 Å². The standard InChI is InChI=1S/C7BrF16N/c8-2(10,1(9,3(11,12)13)4(14,15)16)5(17,18)25(6(19,20)21)7(22,23)24. The smallest absolute Gasteiger partial charge is 0.218 e. The largest absolute Gasteiger partial charge is 0.472 e. The Balaban J connectivity index is 6.82. The van der Waals surface area contributed by atoms with Crippen LogP contribution in [0, 0.1) is 0 Å². The Morgan fingerprint density at radius 1 is 0.480 bits per heavy atom. The van der Waals surface area contributed by atoms with Crippen molar-refractivity contribution in [2.24, 2.45) is 0 Å². The van der Waals surface area contributed by atoms with E-state index in [0.29, 0.717) is 0 Å². The van der Waals surface area contributed by atoms with Crippen molar-refractivity contribution in [3.05, 3.63) is 0 Å². The molecule has 0 aromatic carbocycles. The molecule has 0 saturated carbocycles. The van der Waals surface area contributed by atoms with Gasteiger partial charge in [0.15, 0.2) is 0 Å². The van der Waals surface area contributed by atoms with Gasteiger partial charge in [-0.1, -0.05) is 4.90 Å². The molecule has 1 nitrogen and oxygen atoms in total. The van der Waals surface area contributed by atoms with Gasteiger partial charge in [0.1, 0.15) is 0 Å². The van der Waals surface area contributed by atoms with Crippen LogP contribution in [0.2, 0.25) is 0 Å². The topological polar surface area (TPSA) is 3.24 Å². The van der Waals surface area contributed by atoms with Crippen molar-refractivity contribution in [1.29, 1.82) is 0 Å². The lowest BCUT2D eigenvalue weighted by molar-refractivity contribution is -0.472. The third-order valence-corrected chi connectivity index (χ3v) is 3.40. The Labute approximate surface area is 133 Å². The van der Waals surface area contributed by atoms with Gasteiger partial charge in [-0.15, -0.1) is 0 Å². The highest BCUT2D eigenvalue weighted by atomic mass is 79.9. The number of alkyl halides is 17. The maximum Gasteiger partial charge on any atom is 0.472 e. The molecule has 0 bridgehead atoms. The van der Waals surface area contributed by atoms with Crippen molar-refractivity contribution in [3.8, 4) is 0 Å². The quantitative estimate of drug-likeness (QED) is 0.279. The lowest BCUT2D eigenvalue weighted by atomic mass is 9.95. The highest BCUT2D eigenvalue weighted by molar-refractivity contribution is 9.10. The van der Waals surface area contributed by atoms with Gasteiger partial charge < -0.3 is 0 Å². The van der Waals surface area contributed by atoms with E-state index >= 15 is 0 Å². The van der Waals surface area contributed by atoms with Gasteiger partial charge in [-0.25, -0.2) is 8.78 Å². The highest BCUT2D eigenvalue weighted by Crippen LogP contribution is 2.63. The van der Waals surface area contributed by atoms with Crippen LogP contribution in [0.4, 0.5) is 70.2 Å². The second-order valence-electron chi connectivity index (χ2n) is 4.04. The van der Waals surface area contributed by atoms with E-state index < -0.39 is 46.1 Å². The summed E-state index contributed by atoms with van der Waals surface area (Å²) in [4.78, 5) is -4.24. The molecule has 0 aromatic rings. The normalized spacial score (nSPS) is 18.5. The van der Waals surface area contributed by atoms with Crippen molar-refractivity contribution in [2.75, 3.05) is 0 Å². The van der Waals surface area contributed by atoms with E-state index in [1.54, 1.807) is 0 Å². The van der Waals surface area contributed by atoms with Gasteiger partial charge in [-0.3, -0.25) is 0 Å². The monoisotopic (exact) mass is 481 g/mol. The van der Waals surface area contributed by atoms with Crippen LogP contribution in [0.3, 0.4) is 0 Å². The first-order valence-corrected chi connectivity index (χ1v) is 5.68. The molecule has 1 atom stereocenters. The summed E-state index contributed by atoms with van der Waals surface area (Å²) < 4.78 is 192. The summed E-state index contributed by atoms with van der Waals surface area (Å²) in [6, 6.07) is -7.80. The van der Waals surface area contributed by atoms with Gasteiger partial charge in [0.25, 0.3) is 4.58 Å². The molecule has 0 aliphatic heterocycles. The first-order chi connectivity index (χ1) is 10.4. The molecule has 0 heterocycles. The van der Waals surface area contributed by atoms with Crippen molar-refractivity contribution in [3.63, 3.8) is 0 Å². The van der Waals surface area contributed by atoms with Gasteiger partial charge in [0, 0.05) is 0 Å². The van der Waals surface area contributed by atoms with Crippen LogP contribution in [0.15, 0.2) is 0 Å². The number of halogens is 17. The fourth-order valence-electron chi connectivity index (χ4n) is 1.33. The van der Waals surface area contributed by atoms with Crippen LogP contribution in [0.5, 0.6) is 0 Å². The maximum absolute atomic E-state index is 13.5. The first-order valence-electron chi connectivity index (χ1n) is 4.88. The molecule has 0 aliphatic carbocycles. The lowest BCUT2D eigenvalue weighted by Gasteiger charge is -2.45. The van der Waals surface area contributed by atoms with Crippen LogP contribution in [-0.2, 0) is 0 Å². The van der Waals surface area contributed by atoms with Crippen molar-refractivity contribution in [2.45, 2.75) is 41.2 Å². The number of hydrogen-bond acceptors (Lipinski definition) is 1. The van der Waals surface area contributed by atoms with Crippen LogP contribution < -0.4 is 0 Å². The zero-order valence-corrected chi connectivity index (χ0v) is 12.0. The molecule has 0 N–H and O–H groups in total. The van der Waals surface area contributed by atoms with Crippen LogP contribution >= 0.6 is 15.9 Å². The summed E-state index contributed by atoms with van der Waals surface area (Å²) in [5.74, 6) is 0. The molecule has 0 radical (unpaired) electrons. The maximum atomic E-state index is 13.5. The molecule has 0 aliphatic rings. The van der Waals surface area contributed by atoms with Gasteiger partial charge in [-0.2, -0.15) is 61.5 Å². The average Bonchev–Trinajstić information content (AvgIpc) is 2.18. The summed E-state index contributed by atoms with van der Waals surface area (Å²) in [5, 5.41) is 0. The molecule has 0 rings (SSSR count). The lowest BCUT2D eigenvalue weighted by Crippen LogP contribution is -2.75. The number of rotatable bonds is 3. The van der Waals surface area contributed by atoms with Crippen molar-refractivity contribution >= 4 is 15.9 Å². The molecular formula is C7BrF16N.